The van der Waals surface area contributed by atoms with Crippen molar-refractivity contribution >= 4 is 23.9 Å². The highest BCUT2D eigenvalue weighted by molar-refractivity contribution is 5.88. The minimum atomic E-state index is -0.637. The van der Waals surface area contributed by atoms with E-state index in [0.717, 1.165) is 43.3 Å². The van der Waals surface area contributed by atoms with Crippen molar-refractivity contribution in [3.8, 4) is 0 Å². The molecular formula is C24H30N4O3. The summed E-state index contributed by atoms with van der Waals surface area (Å²) in [5, 5.41) is 9.41. The Hall–Kier alpha value is -3.19. The summed E-state index contributed by atoms with van der Waals surface area (Å²) in [4.78, 5) is 36.0. The summed E-state index contributed by atoms with van der Waals surface area (Å²) in [6.45, 7) is 3.58. The molecule has 2 N–H and O–H groups in total. The van der Waals surface area contributed by atoms with Gasteiger partial charge in [0.1, 0.15) is 6.29 Å². The van der Waals surface area contributed by atoms with Gasteiger partial charge >= 0.3 is 6.03 Å². The van der Waals surface area contributed by atoms with Gasteiger partial charge < -0.3 is 15.4 Å². The fraction of sp³-hybridized carbons (Fsp3) is 0.375. The maximum Gasteiger partial charge on any atom is 0.332 e. The second-order valence-corrected chi connectivity index (χ2v) is 7.83. The molecule has 0 saturated carbocycles. The van der Waals surface area contributed by atoms with Crippen LogP contribution >= 0.6 is 0 Å². The van der Waals surface area contributed by atoms with Crippen LogP contribution in [0.15, 0.2) is 54.6 Å². The van der Waals surface area contributed by atoms with Crippen LogP contribution < -0.4 is 10.6 Å². The van der Waals surface area contributed by atoms with Crippen molar-refractivity contribution in [2.24, 2.45) is 0 Å². The van der Waals surface area contributed by atoms with Gasteiger partial charge in [-0.05, 0) is 42.5 Å². The topological polar surface area (TPSA) is 81.8 Å². The first kappa shape index (κ1) is 22.5. The molecule has 3 amide bonds. The molecule has 1 heterocycles. The molecule has 0 aliphatic carbocycles. The summed E-state index contributed by atoms with van der Waals surface area (Å²) >= 11 is 0. The highest BCUT2D eigenvalue weighted by Crippen LogP contribution is 2.16. The van der Waals surface area contributed by atoms with Gasteiger partial charge in [0.05, 0.1) is 12.6 Å². The number of piperidine rings is 1. The van der Waals surface area contributed by atoms with E-state index in [4.69, 9.17) is 0 Å². The maximum atomic E-state index is 13.1. The number of rotatable bonds is 8. The van der Waals surface area contributed by atoms with Gasteiger partial charge in [0, 0.05) is 25.7 Å². The molecule has 7 heteroatoms. The zero-order valence-corrected chi connectivity index (χ0v) is 17.9. The van der Waals surface area contributed by atoms with Crippen molar-refractivity contribution in [1.29, 1.82) is 0 Å². The number of nitrogens with one attached hydrogen (secondary N) is 2. The molecule has 0 spiro atoms. The molecule has 0 unspecified atom stereocenters. The molecule has 0 radical (unpaired) electrons. The number of aldehydes is 1. The summed E-state index contributed by atoms with van der Waals surface area (Å²) in [7, 11) is 0. The Morgan fingerprint density at radius 1 is 1.00 bits per heavy atom. The normalized spacial score (nSPS) is 15.0. The minimum absolute atomic E-state index is 0.137. The molecule has 7 nitrogen and oxygen atoms in total. The third-order valence-corrected chi connectivity index (χ3v) is 5.29. The van der Waals surface area contributed by atoms with Gasteiger partial charge in [-0.25, -0.2) is 9.80 Å². The molecule has 31 heavy (non-hydrogen) atoms. The van der Waals surface area contributed by atoms with Crippen LogP contribution in [0.2, 0.25) is 0 Å². The lowest BCUT2D eigenvalue weighted by Gasteiger charge is -2.37. The molecule has 1 atom stereocenters. The molecule has 3 rings (SSSR count). The van der Waals surface area contributed by atoms with Crippen molar-refractivity contribution < 1.29 is 14.4 Å². The van der Waals surface area contributed by atoms with Gasteiger partial charge in [0.15, 0.2) is 0 Å². The van der Waals surface area contributed by atoms with Crippen LogP contribution in [0.25, 0.3) is 0 Å². The molecule has 164 valence electrons. The SMILES string of the molecule is CC(=O)Nc1ccc(C[C@@H](C=O)NC(=O)N(Cc2ccccc2)N2CCCCC2)cc1. The van der Waals surface area contributed by atoms with Crippen molar-refractivity contribution in [3.63, 3.8) is 0 Å². The molecule has 0 aromatic heterocycles. The Morgan fingerprint density at radius 2 is 1.68 bits per heavy atom. The van der Waals surface area contributed by atoms with Crippen LogP contribution in [0.3, 0.4) is 0 Å². The lowest BCUT2D eigenvalue weighted by molar-refractivity contribution is -0.114. The number of carbonyl (C=O) groups excluding carboxylic acids is 3. The van der Waals surface area contributed by atoms with Gasteiger partial charge in [-0.1, -0.05) is 48.9 Å². The predicted molar refractivity (Wildman–Crippen MR) is 120 cm³/mol. The molecule has 1 aliphatic rings. The number of hydrogen-bond acceptors (Lipinski definition) is 4. The monoisotopic (exact) mass is 422 g/mol. The average Bonchev–Trinajstić information content (AvgIpc) is 2.79. The third kappa shape index (κ3) is 6.93. The van der Waals surface area contributed by atoms with E-state index in [1.165, 1.54) is 13.3 Å². The Morgan fingerprint density at radius 3 is 2.29 bits per heavy atom. The van der Waals surface area contributed by atoms with Crippen molar-refractivity contribution in [3.05, 3.63) is 65.7 Å². The lowest BCUT2D eigenvalue weighted by atomic mass is 10.1. The Kier molecular flexibility index (Phi) is 8.18. The van der Waals surface area contributed by atoms with Crippen LogP contribution in [0, 0.1) is 0 Å². The van der Waals surface area contributed by atoms with Gasteiger partial charge in [-0.15, -0.1) is 0 Å². The van der Waals surface area contributed by atoms with Crippen LogP contribution in [0.4, 0.5) is 10.5 Å². The highest BCUT2D eigenvalue weighted by atomic mass is 16.2. The van der Waals surface area contributed by atoms with Crippen molar-refractivity contribution in [2.75, 3.05) is 18.4 Å². The van der Waals surface area contributed by atoms with E-state index in [0.29, 0.717) is 18.7 Å². The van der Waals surface area contributed by atoms with Gasteiger partial charge in [0.2, 0.25) is 5.91 Å². The number of hydrogen-bond donors (Lipinski definition) is 2. The molecular weight excluding hydrogens is 392 g/mol. The predicted octanol–water partition coefficient (Wildman–Crippen LogP) is 3.37. The van der Waals surface area contributed by atoms with E-state index in [-0.39, 0.29) is 11.9 Å². The standard InChI is InChI=1S/C24H30N4O3/c1-19(30)25-22-12-10-20(11-13-22)16-23(18-29)26-24(31)28(27-14-6-3-7-15-27)17-21-8-4-2-5-9-21/h2,4-5,8-13,18,23H,3,6-7,14-17H2,1H3,(H,25,30)(H,26,31)/t23-/m0/s1. The van der Waals surface area contributed by atoms with E-state index in [1.807, 2.05) is 42.5 Å². The van der Waals surface area contributed by atoms with E-state index in [1.54, 1.807) is 17.1 Å². The maximum absolute atomic E-state index is 13.1. The minimum Gasteiger partial charge on any atom is -0.327 e. The van der Waals surface area contributed by atoms with Gasteiger partial charge in [-0.2, -0.15) is 0 Å². The number of anilines is 1. The van der Waals surface area contributed by atoms with Crippen LogP contribution in [-0.4, -0.2) is 47.4 Å². The fourth-order valence-electron chi connectivity index (χ4n) is 3.72. The Balaban J connectivity index is 1.66. The number of urea groups is 1. The molecule has 1 saturated heterocycles. The second-order valence-electron chi connectivity index (χ2n) is 7.83. The first-order valence-corrected chi connectivity index (χ1v) is 10.7. The van der Waals surface area contributed by atoms with Crippen molar-refractivity contribution in [2.45, 2.75) is 45.2 Å². The largest absolute Gasteiger partial charge is 0.332 e. The third-order valence-electron chi connectivity index (χ3n) is 5.29. The van der Waals surface area contributed by atoms with E-state index >= 15 is 0 Å². The zero-order chi connectivity index (χ0) is 22.1. The highest BCUT2D eigenvalue weighted by Gasteiger charge is 2.25. The smallest absolute Gasteiger partial charge is 0.327 e. The first-order valence-electron chi connectivity index (χ1n) is 10.7. The van der Waals surface area contributed by atoms with Crippen LogP contribution in [0.1, 0.15) is 37.3 Å². The summed E-state index contributed by atoms with van der Waals surface area (Å²) in [5.41, 5.74) is 2.64. The quantitative estimate of drug-likeness (QED) is 0.639. The lowest BCUT2D eigenvalue weighted by Crippen LogP contribution is -2.54. The number of nitrogens with zero attached hydrogens (tertiary/aromatic N) is 2. The summed E-state index contributed by atoms with van der Waals surface area (Å²) in [6, 6.07) is 16.2. The summed E-state index contributed by atoms with van der Waals surface area (Å²) < 4.78 is 0. The Bertz CT molecular complexity index is 864. The molecule has 2 aromatic carbocycles. The zero-order valence-electron chi connectivity index (χ0n) is 17.9. The molecule has 1 aliphatic heterocycles. The van der Waals surface area contributed by atoms with Crippen LogP contribution in [-0.2, 0) is 22.6 Å². The van der Waals surface area contributed by atoms with E-state index < -0.39 is 6.04 Å². The molecule has 0 bridgehead atoms. The average molecular weight is 423 g/mol. The van der Waals surface area contributed by atoms with Gasteiger partial charge in [-0.3, -0.25) is 9.80 Å². The van der Waals surface area contributed by atoms with Crippen LogP contribution in [0.5, 0.6) is 0 Å². The fourth-order valence-corrected chi connectivity index (χ4v) is 3.72. The first-order chi connectivity index (χ1) is 15.0. The Labute approximate surface area is 183 Å². The number of amides is 3. The number of hydrazine groups is 1. The van der Waals surface area contributed by atoms with Crippen molar-refractivity contribution in [1.82, 2.24) is 15.3 Å². The summed E-state index contributed by atoms with van der Waals surface area (Å²) in [5.74, 6) is -0.137. The summed E-state index contributed by atoms with van der Waals surface area (Å²) in [6.07, 6.45) is 4.43. The molecule has 1 fully saturated rings. The van der Waals surface area contributed by atoms with E-state index in [2.05, 4.69) is 15.6 Å². The number of carbonyl (C=O) groups is 3. The second kappa shape index (κ2) is 11.3. The number of benzene rings is 2. The van der Waals surface area contributed by atoms with E-state index in [9.17, 15) is 14.4 Å². The molecule has 2 aromatic rings. The van der Waals surface area contributed by atoms with Gasteiger partial charge in [0.25, 0.3) is 0 Å².